The van der Waals surface area contributed by atoms with Crippen molar-refractivity contribution in [3.8, 4) is 0 Å². The Kier molecular flexibility index (Phi) is 2.07. The van der Waals surface area contributed by atoms with Crippen LogP contribution in [0.15, 0.2) is 0 Å². The second kappa shape index (κ2) is 2.61. The Bertz CT molecular complexity index is 172. The molecule has 0 spiro atoms. The molecule has 3 nitrogen and oxygen atoms in total. The molecule has 60 valence electrons. The van der Waals surface area contributed by atoms with E-state index in [2.05, 4.69) is 0 Å². The van der Waals surface area contributed by atoms with E-state index in [0.717, 1.165) is 6.29 Å². The molecule has 2 radical (unpaired) electrons. The van der Waals surface area contributed by atoms with E-state index in [1.807, 2.05) is 25.8 Å². The fourth-order valence-electron chi connectivity index (χ4n) is 1.17. The molecule has 0 aromatic rings. The summed E-state index contributed by atoms with van der Waals surface area (Å²) in [7, 11) is 7.52. The van der Waals surface area contributed by atoms with Gasteiger partial charge in [0.2, 0.25) is 0 Å². The summed E-state index contributed by atoms with van der Waals surface area (Å²) < 4.78 is 5.36. The minimum absolute atomic E-state index is 0.317. The standard InChI is InChI=1S/C7H12BNO2/c1-7(2)9(3)6(8)5(4-10)11-7/h4-6H,1-3H3. The van der Waals surface area contributed by atoms with E-state index in [0.29, 0.717) is 0 Å². The van der Waals surface area contributed by atoms with Crippen molar-refractivity contribution in [3.63, 3.8) is 0 Å². The number of rotatable bonds is 1. The summed E-state index contributed by atoms with van der Waals surface area (Å²) in [5.41, 5.74) is -0.426. The first-order chi connectivity index (χ1) is 4.99. The molecule has 1 fully saturated rings. The maximum Gasteiger partial charge on any atom is 0.149 e. The first kappa shape index (κ1) is 8.75. The van der Waals surface area contributed by atoms with E-state index in [4.69, 9.17) is 12.6 Å². The highest BCUT2D eigenvalue weighted by Gasteiger charge is 2.41. The van der Waals surface area contributed by atoms with Crippen LogP contribution in [0.3, 0.4) is 0 Å². The molecule has 1 aliphatic rings. The molecule has 2 atom stereocenters. The number of carbonyl (C=O) groups is 1. The van der Waals surface area contributed by atoms with Crippen molar-refractivity contribution in [1.29, 1.82) is 0 Å². The molecular weight excluding hydrogens is 141 g/mol. The van der Waals surface area contributed by atoms with E-state index in [-0.39, 0.29) is 5.94 Å². The number of nitrogens with zero attached hydrogens (tertiary/aromatic N) is 1. The van der Waals surface area contributed by atoms with Crippen LogP contribution < -0.4 is 0 Å². The Labute approximate surface area is 68.1 Å². The van der Waals surface area contributed by atoms with Gasteiger partial charge in [0.05, 0.1) is 7.85 Å². The van der Waals surface area contributed by atoms with Crippen molar-refractivity contribution in [1.82, 2.24) is 4.90 Å². The van der Waals surface area contributed by atoms with Gasteiger partial charge >= 0.3 is 0 Å². The van der Waals surface area contributed by atoms with Crippen LogP contribution in [-0.2, 0) is 9.53 Å². The van der Waals surface area contributed by atoms with Crippen LogP contribution >= 0.6 is 0 Å². The number of hydrogen-bond donors (Lipinski definition) is 0. The molecule has 0 saturated carbocycles. The van der Waals surface area contributed by atoms with Crippen molar-refractivity contribution in [2.24, 2.45) is 0 Å². The van der Waals surface area contributed by atoms with Gasteiger partial charge in [0, 0.05) is 5.94 Å². The van der Waals surface area contributed by atoms with Crippen molar-refractivity contribution in [2.45, 2.75) is 31.6 Å². The Hall–Kier alpha value is -0.345. The third kappa shape index (κ3) is 1.33. The van der Waals surface area contributed by atoms with Crippen LogP contribution in [0.1, 0.15) is 13.8 Å². The van der Waals surface area contributed by atoms with Crippen LogP contribution in [0.25, 0.3) is 0 Å². The highest BCUT2D eigenvalue weighted by Crippen LogP contribution is 2.27. The van der Waals surface area contributed by atoms with Gasteiger partial charge in [-0.3, -0.25) is 4.90 Å². The van der Waals surface area contributed by atoms with Crippen LogP contribution in [-0.4, -0.2) is 43.9 Å². The lowest BCUT2D eigenvalue weighted by Crippen LogP contribution is -2.41. The lowest BCUT2D eigenvalue weighted by Gasteiger charge is -2.27. The summed E-state index contributed by atoms with van der Waals surface area (Å²) in [5.74, 6) is -0.317. The van der Waals surface area contributed by atoms with Gasteiger partial charge in [-0.15, -0.1) is 0 Å². The number of hydrogen-bond acceptors (Lipinski definition) is 3. The number of ether oxygens (including phenoxy) is 1. The van der Waals surface area contributed by atoms with Crippen molar-refractivity contribution >= 4 is 14.1 Å². The molecule has 0 aromatic heterocycles. The smallest absolute Gasteiger partial charge is 0.149 e. The van der Waals surface area contributed by atoms with Gasteiger partial charge in [0.1, 0.15) is 18.1 Å². The minimum Gasteiger partial charge on any atom is -0.350 e. The summed E-state index contributed by atoms with van der Waals surface area (Å²) in [5, 5.41) is 0. The molecule has 0 amide bonds. The Balaban J connectivity index is 2.76. The molecule has 1 aliphatic heterocycles. The van der Waals surface area contributed by atoms with Crippen LogP contribution in [0, 0.1) is 0 Å². The third-order valence-corrected chi connectivity index (χ3v) is 2.19. The zero-order chi connectivity index (χ0) is 8.65. The highest BCUT2D eigenvalue weighted by atomic mass is 16.5. The molecule has 0 aliphatic carbocycles. The van der Waals surface area contributed by atoms with E-state index in [1.165, 1.54) is 0 Å². The molecule has 1 heterocycles. The summed E-state index contributed by atoms with van der Waals surface area (Å²) in [4.78, 5) is 12.3. The monoisotopic (exact) mass is 153 g/mol. The predicted octanol–water partition coefficient (Wildman–Crippen LogP) is -0.253. The average Bonchev–Trinajstić information content (AvgIpc) is 2.13. The largest absolute Gasteiger partial charge is 0.350 e. The van der Waals surface area contributed by atoms with Gasteiger partial charge in [-0.1, -0.05) is 0 Å². The molecule has 1 rings (SSSR count). The second-order valence-electron chi connectivity index (χ2n) is 3.27. The average molecular weight is 153 g/mol. The van der Waals surface area contributed by atoms with Gasteiger partial charge < -0.3 is 9.53 Å². The van der Waals surface area contributed by atoms with Gasteiger partial charge in [-0.25, -0.2) is 0 Å². The first-order valence-corrected chi connectivity index (χ1v) is 3.60. The van der Waals surface area contributed by atoms with Crippen LogP contribution in [0.4, 0.5) is 0 Å². The highest BCUT2D eigenvalue weighted by molar-refractivity contribution is 6.13. The lowest BCUT2D eigenvalue weighted by molar-refractivity contribution is -0.123. The van der Waals surface area contributed by atoms with Crippen molar-refractivity contribution in [3.05, 3.63) is 0 Å². The maximum absolute atomic E-state index is 10.4. The Morgan fingerprint density at radius 3 is 2.36 bits per heavy atom. The second-order valence-corrected chi connectivity index (χ2v) is 3.27. The quantitative estimate of drug-likeness (QED) is 0.384. The molecule has 0 N–H and O–H groups in total. The van der Waals surface area contributed by atoms with Gasteiger partial charge in [-0.05, 0) is 20.9 Å². The predicted molar refractivity (Wildman–Crippen MR) is 42.3 cm³/mol. The Morgan fingerprint density at radius 1 is 1.64 bits per heavy atom. The third-order valence-electron chi connectivity index (χ3n) is 2.19. The number of likely N-dealkylation sites (N-methyl/N-ethyl adjacent to an activating group) is 1. The summed E-state index contributed by atoms with van der Waals surface area (Å²) in [6.45, 7) is 3.77. The van der Waals surface area contributed by atoms with E-state index < -0.39 is 11.8 Å². The van der Waals surface area contributed by atoms with Gasteiger partial charge in [0.15, 0.2) is 0 Å². The van der Waals surface area contributed by atoms with Crippen LogP contribution in [0.5, 0.6) is 0 Å². The Morgan fingerprint density at radius 2 is 2.18 bits per heavy atom. The molecule has 11 heavy (non-hydrogen) atoms. The normalized spacial score (nSPS) is 37.4. The van der Waals surface area contributed by atoms with E-state index in [1.54, 1.807) is 0 Å². The summed E-state index contributed by atoms with van der Waals surface area (Å²) in [6.07, 6.45) is 0.255. The van der Waals surface area contributed by atoms with Crippen molar-refractivity contribution in [2.75, 3.05) is 7.05 Å². The number of carbonyl (C=O) groups excluding carboxylic acids is 1. The SMILES string of the molecule is [B]C1C(C=O)OC(C)(C)N1C. The molecular formula is C7H12BNO2. The zero-order valence-electron chi connectivity index (χ0n) is 7.07. The fraction of sp³-hybridized carbons (Fsp3) is 0.857. The molecule has 4 heteroatoms. The van der Waals surface area contributed by atoms with Gasteiger partial charge in [-0.2, -0.15) is 0 Å². The van der Waals surface area contributed by atoms with E-state index in [9.17, 15) is 4.79 Å². The van der Waals surface area contributed by atoms with Gasteiger partial charge in [0.25, 0.3) is 0 Å². The summed E-state index contributed by atoms with van der Waals surface area (Å²) >= 11 is 0. The molecule has 0 bridgehead atoms. The topological polar surface area (TPSA) is 29.5 Å². The maximum atomic E-state index is 10.4. The minimum atomic E-state index is -0.491. The van der Waals surface area contributed by atoms with Crippen LogP contribution in [0.2, 0.25) is 0 Å². The molecule has 2 unspecified atom stereocenters. The fourth-order valence-corrected chi connectivity index (χ4v) is 1.17. The molecule has 0 aromatic carbocycles. The molecule has 1 saturated heterocycles. The number of aldehydes is 1. The first-order valence-electron chi connectivity index (χ1n) is 3.60. The lowest BCUT2D eigenvalue weighted by atomic mass is 9.91. The zero-order valence-corrected chi connectivity index (χ0v) is 7.07. The van der Waals surface area contributed by atoms with Crippen molar-refractivity contribution < 1.29 is 9.53 Å². The summed E-state index contributed by atoms with van der Waals surface area (Å²) in [6, 6.07) is 0. The van der Waals surface area contributed by atoms with E-state index >= 15 is 0 Å².